The molecule has 0 radical (unpaired) electrons. The molecular formula is C13H15N5O3S. The lowest BCUT2D eigenvalue weighted by Gasteiger charge is -2.12. The zero-order valence-corrected chi connectivity index (χ0v) is 12.8. The van der Waals surface area contributed by atoms with Crippen LogP contribution in [0.5, 0.6) is 0 Å². The van der Waals surface area contributed by atoms with Crippen molar-refractivity contribution in [1.82, 2.24) is 14.3 Å². The highest BCUT2D eigenvalue weighted by molar-refractivity contribution is 7.89. The Labute approximate surface area is 128 Å². The van der Waals surface area contributed by atoms with Gasteiger partial charge in [0.1, 0.15) is 0 Å². The van der Waals surface area contributed by atoms with Crippen molar-refractivity contribution >= 4 is 27.4 Å². The molecular weight excluding hydrogens is 306 g/mol. The van der Waals surface area contributed by atoms with Crippen LogP contribution in [0.25, 0.3) is 0 Å². The van der Waals surface area contributed by atoms with E-state index in [1.807, 2.05) is 0 Å². The number of carbonyl (C=O) groups excluding carboxylic acids is 1. The number of nitrogens with one attached hydrogen (secondary N) is 1. The van der Waals surface area contributed by atoms with Gasteiger partial charge in [-0.25, -0.2) is 22.7 Å². The maximum Gasteiger partial charge on any atom is 0.278 e. The second-order valence-corrected chi connectivity index (χ2v) is 6.71. The molecule has 3 N–H and O–H groups in total. The Morgan fingerprint density at radius 3 is 2.55 bits per heavy atom. The smallest absolute Gasteiger partial charge is 0.278 e. The van der Waals surface area contributed by atoms with E-state index in [-0.39, 0.29) is 16.4 Å². The van der Waals surface area contributed by atoms with Crippen LogP contribution in [-0.2, 0) is 10.0 Å². The maximum absolute atomic E-state index is 12.1. The maximum atomic E-state index is 12.1. The summed E-state index contributed by atoms with van der Waals surface area (Å²) in [5.41, 5.74) is 5.87. The third kappa shape index (κ3) is 3.21. The van der Waals surface area contributed by atoms with Gasteiger partial charge in [0, 0.05) is 32.2 Å². The van der Waals surface area contributed by atoms with Gasteiger partial charge in [0.15, 0.2) is 11.5 Å². The van der Waals surface area contributed by atoms with Gasteiger partial charge >= 0.3 is 0 Å². The number of carbonyl (C=O) groups is 1. The molecule has 2 rings (SSSR count). The molecule has 22 heavy (non-hydrogen) atoms. The number of nitrogens with zero attached hydrogens (tertiary/aromatic N) is 3. The van der Waals surface area contributed by atoms with Gasteiger partial charge in [0.05, 0.1) is 4.90 Å². The predicted octanol–water partition coefficient (Wildman–Crippen LogP) is 0.561. The van der Waals surface area contributed by atoms with Crippen LogP contribution in [0.1, 0.15) is 10.5 Å². The summed E-state index contributed by atoms with van der Waals surface area (Å²) in [6, 6.07) is 5.91. The fourth-order valence-electron chi connectivity index (χ4n) is 1.66. The van der Waals surface area contributed by atoms with E-state index < -0.39 is 15.9 Å². The topological polar surface area (TPSA) is 118 Å². The van der Waals surface area contributed by atoms with Crippen molar-refractivity contribution in [1.29, 1.82) is 0 Å². The van der Waals surface area contributed by atoms with Gasteiger partial charge in [-0.3, -0.25) is 4.79 Å². The molecule has 9 heteroatoms. The predicted molar refractivity (Wildman–Crippen MR) is 81.7 cm³/mol. The molecule has 0 spiro atoms. The van der Waals surface area contributed by atoms with Crippen LogP contribution in [0.4, 0.5) is 11.5 Å². The largest absolute Gasteiger partial charge is 0.382 e. The Morgan fingerprint density at radius 2 is 1.91 bits per heavy atom. The van der Waals surface area contributed by atoms with Crippen molar-refractivity contribution in [2.75, 3.05) is 25.1 Å². The zero-order chi connectivity index (χ0) is 16.3. The molecule has 0 atom stereocenters. The van der Waals surface area contributed by atoms with Crippen LogP contribution in [0.2, 0.25) is 0 Å². The van der Waals surface area contributed by atoms with Gasteiger partial charge in [0.25, 0.3) is 5.91 Å². The lowest BCUT2D eigenvalue weighted by molar-refractivity contribution is 0.102. The number of aromatic nitrogens is 2. The fourth-order valence-corrected chi connectivity index (χ4v) is 2.61. The highest BCUT2D eigenvalue weighted by Crippen LogP contribution is 2.18. The quantitative estimate of drug-likeness (QED) is 0.849. The van der Waals surface area contributed by atoms with E-state index in [1.54, 1.807) is 6.07 Å². The summed E-state index contributed by atoms with van der Waals surface area (Å²) in [7, 11) is -0.716. The fraction of sp³-hybridized carbons (Fsp3) is 0.154. The van der Waals surface area contributed by atoms with Gasteiger partial charge < -0.3 is 11.1 Å². The third-order valence-electron chi connectivity index (χ3n) is 2.81. The van der Waals surface area contributed by atoms with Crippen LogP contribution in [0, 0.1) is 0 Å². The Morgan fingerprint density at radius 1 is 1.23 bits per heavy atom. The second kappa shape index (κ2) is 6.08. The zero-order valence-electron chi connectivity index (χ0n) is 12.0. The van der Waals surface area contributed by atoms with E-state index in [1.165, 1.54) is 44.7 Å². The van der Waals surface area contributed by atoms with Crippen molar-refractivity contribution in [3.8, 4) is 0 Å². The van der Waals surface area contributed by atoms with E-state index in [0.29, 0.717) is 5.69 Å². The van der Waals surface area contributed by atoms with Crippen LogP contribution in [0.15, 0.2) is 41.6 Å². The highest BCUT2D eigenvalue weighted by atomic mass is 32.2. The normalized spacial score (nSPS) is 11.4. The van der Waals surface area contributed by atoms with Crippen molar-refractivity contribution in [3.63, 3.8) is 0 Å². The molecule has 1 amide bonds. The number of nitrogen functional groups attached to an aromatic ring is 1. The monoisotopic (exact) mass is 321 g/mol. The SMILES string of the molecule is CN(C)S(=O)(=O)c1cccc(NC(=O)c2nccnc2N)c1. The molecule has 0 aliphatic heterocycles. The number of anilines is 2. The molecule has 1 aromatic carbocycles. The van der Waals surface area contributed by atoms with E-state index in [2.05, 4.69) is 15.3 Å². The number of nitrogens with two attached hydrogens (primary N) is 1. The first-order chi connectivity index (χ1) is 10.3. The van der Waals surface area contributed by atoms with Crippen LogP contribution in [-0.4, -0.2) is 42.7 Å². The molecule has 0 aliphatic carbocycles. The number of benzene rings is 1. The minimum absolute atomic E-state index is 0.00272. The van der Waals surface area contributed by atoms with Gasteiger partial charge in [-0.2, -0.15) is 0 Å². The number of amides is 1. The van der Waals surface area contributed by atoms with Crippen molar-refractivity contribution in [2.24, 2.45) is 0 Å². The first kappa shape index (κ1) is 15.9. The summed E-state index contributed by atoms with van der Waals surface area (Å²) >= 11 is 0. The van der Waals surface area contributed by atoms with E-state index in [0.717, 1.165) is 4.31 Å². The minimum atomic E-state index is -3.58. The molecule has 116 valence electrons. The summed E-state index contributed by atoms with van der Waals surface area (Å²) in [6.45, 7) is 0. The summed E-state index contributed by atoms with van der Waals surface area (Å²) in [6.07, 6.45) is 2.72. The first-order valence-electron chi connectivity index (χ1n) is 6.23. The van der Waals surface area contributed by atoms with Crippen LogP contribution in [0.3, 0.4) is 0 Å². The summed E-state index contributed by atoms with van der Waals surface area (Å²) < 4.78 is 25.2. The Kier molecular flexibility index (Phi) is 4.38. The summed E-state index contributed by atoms with van der Waals surface area (Å²) in [5, 5.41) is 2.55. The number of hydrogen-bond donors (Lipinski definition) is 2. The average Bonchev–Trinajstić information content (AvgIpc) is 2.47. The molecule has 2 aromatic rings. The summed E-state index contributed by atoms with van der Waals surface area (Å²) in [5.74, 6) is -0.568. The van der Waals surface area contributed by atoms with Crippen molar-refractivity contribution in [3.05, 3.63) is 42.4 Å². The van der Waals surface area contributed by atoms with Crippen molar-refractivity contribution in [2.45, 2.75) is 4.90 Å². The third-order valence-corrected chi connectivity index (χ3v) is 4.62. The standard InChI is InChI=1S/C13H15N5O3S/c1-18(2)22(20,21)10-5-3-4-9(8-10)17-13(19)11-12(14)16-7-6-15-11/h3-8H,1-2H3,(H2,14,16)(H,17,19). The molecule has 8 nitrogen and oxygen atoms in total. The Balaban J connectivity index is 2.29. The number of sulfonamides is 1. The first-order valence-corrected chi connectivity index (χ1v) is 7.67. The van der Waals surface area contributed by atoms with Gasteiger partial charge in [-0.1, -0.05) is 6.07 Å². The van der Waals surface area contributed by atoms with Crippen molar-refractivity contribution < 1.29 is 13.2 Å². The molecule has 0 saturated carbocycles. The van der Waals surface area contributed by atoms with Gasteiger partial charge in [-0.05, 0) is 18.2 Å². The van der Waals surface area contributed by atoms with Crippen LogP contribution < -0.4 is 11.1 Å². The molecule has 0 unspecified atom stereocenters. The highest BCUT2D eigenvalue weighted by Gasteiger charge is 2.18. The van der Waals surface area contributed by atoms with E-state index >= 15 is 0 Å². The average molecular weight is 321 g/mol. The Bertz CT molecular complexity index is 805. The lowest BCUT2D eigenvalue weighted by atomic mass is 10.3. The summed E-state index contributed by atoms with van der Waals surface area (Å²) in [4.78, 5) is 19.8. The molecule has 1 heterocycles. The minimum Gasteiger partial charge on any atom is -0.382 e. The van der Waals surface area contributed by atoms with Gasteiger partial charge in [0.2, 0.25) is 10.0 Å². The van der Waals surface area contributed by atoms with E-state index in [9.17, 15) is 13.2 Å². The molecule has 0 saturated heterocycles. The molecule has 1 aromatic heterocycles. The molecule has 0 bridgehead atoms. The van der Waals surface area contributed by atoms with Gasteiger partial charge in [-0.15, -0.1) is 0 Å². The van der Waals surface area contributed by atoms with E-state index in [4.69, 9.17) is 5.73 Å². The lowest BCUT2D eigenvalue weighted by Crippen LogP contribution is -2.22. The second-order valence-electron chi connectivity index (χ2n) is 4.56. The number of rotatable bonds is 4. The molecule has 0 aliphatic rings. The Hall–Kier alpha value is -2.52. The van der Waals surface area contributed by atoms with Crippen LogP contribution >= 0.6 is 0 Å². The molecule has 0 fully saturated rings. The number of hydrogen-bond acceptors (Lipinski definition) is 6.